The van der Waals surface area contributed by atoms with Crippen LogP contribution >= 0.6 is 0 Å². The topological polar surface area (TPSA) is 21.3 Å². The van der Waals surface area contributed by atoms with Gasteiger partial charge in [0, 0.05) is 13.2 Å². The summed E-state index contributed by atoms with van der Waals surface area (Å²) in [6.45, 7) is 10.0. The van der Waals surface area contributed by atoms with E-state index in [2.05, 4.69) is 18.8 Å². The van der Waals surface area contributed by atoms with Crippen molar-refractivity contribution in [2.24, 2.45) is 5.92 Å². The van der Waals surface area contributed by atoms with Crippen molar-refractivity contribution in [3.05, 3.63) is 12.2 Å². The molecule has 1 heterocycles. The van der Waals surface area contributed by atoms with Crippen molar-refractivity contribution in [2.45, 2.75) is 26.2 Å². The maximum atomic E-state index is 5.40. The quantitative estimate of drug-likeness (QED) is 0.520. The summed E-state index contributed by atoms with van der Waals surface area (Å²) in [4.78, 5) is 0. The maximum Gasteiger partial charge on any atom is 0.0506 e. The van der Waals surface area contributed by atoms with Crippen LogP contribution in [0.2, 0.25) is 0 Å². The van der Waals surface area contributed by atoms with E-state index >= 15 is 0 Å². The third-order valence-corrected chi connectivity index (χ3v) is 2.42. The molecular formula is C11H21NO. The van der Waals surface area contributed by atoms with Crippen molar-refractivity contribution in [3.63, 3.8) is 0 Å². The first-order valence-electron chi connectivity index (χ1n) is 5.22. The molecule has 1 saturated heterocycles. The van der Waals surface area contributed by atoms with Crippen molar-refractivity contribution in [2.75, 3.05) is 26.3 Å². The van der Waals surface area contributed by atoms with E-state index in [9.17, 15) is 0 Å². The molecule has 0 aromatic rings. The van der Waals surface area contributed by atoms with E-state index in [0.29, 0.717) is 0 Å². The Balaban J connectivity index is 1.95. The molecule has 0 spiro atoms. The second kappa shape index (κ2) is 6.17. The molecule has 1 atom stereocenters. The first kappa shape index (κ1) is 10.7. The Kier molecular flexibility index (Phi) is 5.09. The molecule has 13 heavy (non-hydrogen) atoms. The average Bonchev–Trinajstić information content (AvgIpc) is 2.14. The first-order valence-corrected chi connectivity index (χ1v) is 5.22. The van der Waals surface area contributed by atoms with E-state index in [1.807, 2.05) is 0 Å². The van der Waals surface area contributed by atoms with Gasteiger partial charge in [-0.3, -0.25) is 0 Å². The predicted octanol–water partition coefficient (Wildman–Crippen LogP) is 1.97. The van der Waals surface area contributed by atoms with Crippen LogP contribution < -0.4 is 5.32 Å². The first-order chi connectivity index (χ1) is 6.29. The van der Waals surface area contributed by atoms with Gasteiger partial charge in [-0.15, -0.1) is 6.58 Å². The number of nitrogens with one attached hydrogen (secondary N) is 1. The van der Waals surface area contributed by atoms with Crippen LogP contribution in [0.25, 0.3) is 0 Å². The van der Waals surface area contributed by atoms with Crippen LogP contribution in [0, 0.1) is 5.92 Å². The third kappa shape index (κ3) is 5.06. The fourth-order valence-corrected chi connectivity index (χ4v) is 1.58. The number of rotatable bonds is 5. The van der Waals surface area contributed by atoms with Gasteiger partial charge in [-0.05, 0) is 38.6 Å². The summed E-state index contributed by atoms with van der Waals surface area (Å²) in [6, 6.07) is 0. The smallest absolute Gasteiger partial charge is 0.0506 e. The Morgan fingerprint density at radius 2 is 2.46 bits per heavy atom. The van der Waals surface area contributed by atoms with E-state index < -0.39 is 0 Å². The van der Waals surface area contributed by atoms with Gasteiger partial charge in [0.05, 0.1) is 6.61 Å². The molecule has 1 unspecified atom stereocenters. The van der Waals surface area contributed by atoms with E-state index in [-0.39, 0.29) is 0 Å². The lowest BCUT2D eigenvalue weighted by molar-refractivity contribution is 0.0550. The molecule has 2 nitrogen and oxygen atoms in total. The molecule has 0 bridgehead atoms. The van der Waals surface area contributed by atoms with E-state index in [0.717, 1.165) is 38.6 Å². The highest BCUT2D eigenvalue weighted by atomic mass is 16.5. The van der Waals surface area contributed by atoms with Crippen LogP contribution in [0.4, 0.5) is 0 Å². The Labute approximate surface area is 81.4 Å². The Morgan fingerprint density at radius 1 is 1.62 bits per heavy atom. The van der Waals surface area contributed by atoms with Gasteiger partial charge in [0.25, 0.3) is 0 Å². The average molecular weight is 183 g/mol. The highest BCUT2D eigenvalue weighted by molar-refractivity contribution is 4.88. The number of hydrogen-bond acceptors (Lipinski definition) is 2. The van der Waals surface area contributed by atoms with Crippen molar-refractivity contribution < 1.29 is 4.74 Å². The summed E-state index contributed by atoms with van der Waals surface area (Å²) in [7, 11) is 0. The van der Waals surface area contributed by atoms with E-state index in [4.69, 9.17) is 4.74 Å². The fraction of sp³-hybridized carbons (Fsp3) is 0.818. The summed E-state index contributed by atoms with van der Waals surface area (Å²) in [5.41, 5.74) is 1.26. The minimum absolute atomic E-state index is 0.735. The van der Waals surface area contributed by atoms with Gasteiger partial charge >= 0.3 is 0 Å². The Morgan fingerprint density at radius 3 is 3.08 bits per heavy atom. The highest BCUT2D eigenvalue weighted by Crippen LogP contribution is 2.11. The summed E-state index contributed by atoms with van der Waals surface area (Å²) in [6.07, 6.45) is 3.64. The van der Waals surface area contributed by atoms with Gasteiger partial charge in [-0.1, -0.05) is 5.57 Å². The molecule has 0 aromatic carbocycles. The van der Waals surface area contributed by atoms with Crippen molar-refractivity contribution in [3.8, 4) is 0 Å². The van der Waals surface area contributed by atoms with Crippen LogP contribution in [0.5, 0.6) is 0 Å². The summed E-state index contributed by atoms with van der Waals surface area (Å²) >= 11 is 0. The van der Waals surface area contributed by atoms with Crippen molar-refractivity contribution in [1.82, 2.24) is 5.32 Å². The highest BCUT2D eigenvalue weighted by Gasteiger charge is 2.12. The molecule has 0 radical (unpaired) electrons. The molecule has 1 N–H and O–H groups in total. The molecule has 0 aromatic heterocycles. The van der Waals surface area contributed by atoms with E-state index in [1.54, 1.807) is 0 Å². The third-order valence-electron chi connectivity index (χ3n) is 2.42. The molecule has 0 saturated carbocycles. The van der Waals surface area contributed by atoms with Crippen molar-refractivity contribution >= 4 is 0 Å². The molecule has 0 aliphatic carbocycles. The molecule has 1 aliphatic heterocycles. The summed E-state index contributed by atoms with van der Waals surface area (Å²) in [5, 5.41) is 3.45. The monoisotopic (exact) mass is 183 g/mol. The molecule has 1 rings (SSSR count). The van der Waals surface area contributed by atoms with Gasteiger partial charge < -0.3 is 10.1 Å². The van der Waals surface area contributed by atoms with Crippen LogP contribution in [0.1, 0.15) is 26.2 Å². The van der Waals surface area contributed by atoms with Gasteiger partial charge in [-0.2, -0.15) is 0 Å². The Bertz CT molecular complexity index is 150. The fourth-order valence-electron chi connectivity index (χ4n) is 1.58. The van der Waals surface area contributed by atoms with Gasteiger partial charge in [-0.25, -0.2) is 0 Å². The van der Waals surface area contributed by atoms with Crippen LogP contribution in [-0.2, 0) is 4.74 Å². The minimum Gasteiger partial charge on any atom is -0.381 e. The minimum atomic E-state index is 0.735. The molecular weight excluding hydrogens is 162 g/mol. The summed E-state index contributed by atoms with van der Waals surface area (Å²) in [5.74, 6) is 0.735. The molecule has 76 valence electrons. The van der Waals surface area contributed by atoms with Gasteiger partial charge in [0.15, 0.2) is 0 Å². The van der Waals surface area contributed by atoms with Crippen LogP contribution in [0.15, 0.2) is 12.2 Å². The van der Waals surface area contributed by atoms with Crippen molar-refractivity contribution in [1.29, 1.82) is 0 Å². The molecule has 2 heteroatoms. The summed E-state index contributed by atoms with van der Waals surface area (Å²) < 4.78 is 5.40. The zero-order chi connectivity index (χ0) is 9.52. The normalized spacial score (nSPS) is 23.0. The zero-order valence-electron chi connectivity index (χ0n) is 8.64. The maximum absolute atomic E-state index is 5.40. The molecule has 0 amide bonds. The number of ether oxygens (including phenoxy) is 1. The zero-order valence-corrected chi connectivity index (χ0v) is 8.64. The second-order valence-electron chi connectivity index (χ2n) is 3.99. The SMILES string of the molecule is C=C(C)CCNCC1CCCOC1. The van der Waals surface area contributed by atoms with Crippen LogP contribution in [-0.4, -0.2) is 26.3 Å². The predicted molar refractivity (Wildman–Crippen MR) is 55.8 cm³/mol. The van der Waals surface area contributed by atoms with Gasteiger partial charge in [0.2, 0.25) is 0 Å². The molecule has 1 aliphatic rings. The van der Waals surface area contributed by atoms with E-state index in [1.165, 1.54) is 18.4 Å². The Hall–Kier alpha value is -0.340. The second-order valence-corrected chi connectivity index (χ2v) is 3.99. The number of hydrogen-bond donors (Lipinski definition) is 1. The van der Waals surface area contributed by atoms with Crippen LogP contribution in [0.3, 0.4) is 0 Å². The lowest BCUT2D eigenvalue weighted by atomic mass is 10.0. The lowest BCUT2D eigenvalue weighted by Crippen LogP contribution is -2.29. The van der Waals surface area contributed by atoms with Gasteiger partial charge in [0.1, 0.15) is 0 Å². The standard InChI is InChI=1S/C11H21NO/c1-10(2)5-6-12-8-11-4-3-7-13-9-11/h11-12H,1,3-9H2,2H3. The molecule has 1 fully saturated rings. The lowest BCUT2D eigenvalue weighted by Gasteiger charge is -2.22. The largest absolute Gasteiger partial charge is 0.381 e.